The smallest absolute Gasteiger partial charge is 0.462 e. The molecule has 0 heterocycles. The predicted molar refractivity (Wildman–Crippen MR) is 297 cm³/mol. The molecule has 2 N–H and O–H groups in total. The highest BCUT2D eigenvalue weighted by atomic mass is 31.2. The van der Waals surface area contributed by atoms with Crippen LogP contribution in [0.5, 0.6) is 0 Å². The number of phosphoric acid groups is 1. The van der Waals surface area contributed by atoms with Crippen LogP contribution < -0.4 is 0 Å². The molecule has 0 saturated carbocycles. The summed E-state index contributed by atoms with van der Waals surface area (Å²) in [6.07, 6.45) is 63.6. The van der Waals surface area contributed by atoms with Crippen LogP contribution >= 0.6 is 7.82 Å². The third-order valence-electron chi connectivity index (χ3n) is 11.2. The van der Waals surface area contributed by atoms with Crippen LogP contribution in [0.15, 0.2) is 109 Å². The Balaban J connectivity index is 4.87. The number of unbranched alkanes of at least 4 members (excludes halogenated alkanes) is 16. The van der Waals surface area contributed by atoms with Gasteiger partial charge in [-0.05, 0) is 103 Å². The van der Waals surface area contributed by atoms with Gasteiger partial charge in [0.1, 0.15) is 12.7 Å². The summed E-state index contributed by atoms with van der Waals surface area (Å²) < 4.78 is 39.3. The van der Waals surface area contributed by atoms with Gasteiger partial charge in [-0.3, -0.25) is 23.4 Å². The standard InChI is InChI=1S/C60H99O11P/c1-4-7-10-13-16-19-22-25-27-28-30-32-34-37-40-43-46-49-58(62)67-53-57(71-60(64)51-48-45-42-39-36-33-29-26-23-20-17-14-11-8-5-2)55-69-72(65,66)68-54-56(52-61)70-59(63)50-47-44-41-38-35-31-24-21-18-15-12-9-6-3/h8,11-12,15-17,19-21,24-27,29,36,39,45,48,56-57,61H,4-7,9-10,13-14,18,22-23,28,30-35,37-38,40-44,46-47,49-55H2,1-3H3,(H,65,66)/b11-8-,15-12-,19-16-,20-17-,24-21-,27-25-,29-26-,39-36-,48-45-. The van der Waals surface area contributed by atoms with Gasteiger partial charge < -0.3 is 24.2 Å². The molecule has 0 aromatic carbocycles. The van der Waals surface area contributed by atoms with Crippen molar-refractivity contribution < 1.29 is 52.2 Å². The molecular formula is C60H99O11P. The fourth-order valence-corrected chi connectivity index (χ4v) is 7.75. The van der Waals surface area contributed by atoms with Crippen LogP contribution in [0.2, 0.25) is 0 Å². The second-order valence-electron chi connectivity index (χ2n) is 18.0. The lowest BCUT2D eigenvalue weighted by molar-refractivity contribution is -0.160. The topological polar surface area (TPSA) is 155 Å². The van der Waals surface area contributed by atoms with Crippen molar-refractivity contribution in [1.82, 2.24) is 0 Å². The monoisotopic (exact) mass is 1030 g/mol. The molecule has 0 aliphatic rings. The molecule has 3 atom stereocenters. The van der Waals surface area contributed by atoms with E-state index in [1.165, 1.54) is 38.5 Å². The van der Waals surface area contributed by atoms with E-state index in [2.05, 4.69) is 106 Å². The molecule has 11 nitrogen and oxygen atoms in total. The van der Waals surface area contributed by atoms with Crippen molar-refractivity contribution in [2.24, 2.45) is 0 Å². The van der Waals surface area contributed by atoms with Crippen LogP contribution in [0.3, 0.4) is 0 Å². The minimum Gasteiger partial charge on any atom is -0.462 e. The third-order valence-corrected chi connectivity index (χ3v) is 12.1. The molecule has 0 aliphatic heterocycles. The summed E-state index contributed by atoms with van der Waals surface area (Å²) in [7, 11) is -4.78. The maximum absolute atomic E-state index is 12.9. The van der Waals surface area contributed by atoms with Gasteiger partial charge in [-0.2, -0.15) is 0 Å². The van der Waals surface area contributed by atoms with Crippen molar-refractivity contribution in [1.29, 1.82) is 0 Å². The zero-order chi connectivity index (χ0) is 52.7. The van der Waals surface area contributed by atoms with Crippen LogP contribution in [0, 0.1) is 0 Å². The Bertz CT molecular complexity index is 1620. The van der Waals surface area contributed by atoms with Gasteiger partial charge in [-0.25, -0.2) is 4.57 Å². The van der Waals surface area contributed by atoms with E-state index in [0.29, 0.717) is 19.3 Å². The minimum absolute atomic E-state index is 0.0720. The molecule has 0 rings (SSSR count). The molecule has 12 heteroatoms. The number of hydrogen-bond donors (Lipinski definition) is 2. The number of ether oxygens (including phenoxy) is 3. The first-order valence-electron chi connectivity index (χ1n) is 27.8. The van der Waals surface area contributed by atoms with Crippen LogP contribution in [0.1, 0.15) is 213 Å². The number of allylic oxidation sites excluding steroid dienone is 17. The van der Waals surface area contributed by atoms with Gasteiger partial charge in [0.05, 0.1) is 26.2 Å². The molecule has 0 aromatic heterocycles. The predicted octanol–water partition coefficient (Wildman–Crippen LogP) is 16.2. The lowest BCUT2D eigenvalue weighted by atomic mass is 10.1. The summed E-state index contributed by atoms with van der Waals surface area (Å²) in [5, 5.41) is 9.79. The molecule has 0 saturated heterocycles. The normalized spacial score (nSPS) is 14.2. The van der Waals surface area contributed by atoms with Gasteiger partial charge in [-0.1, -0.05) is 201 Å². The van der Waals surface area contributed by atoms with Gasteiger partial charge in [0.15, 0.2) is 6.10 Å². The van der Waals surface area contributed by atoms with E-state index >= 15 is 0 Å². The highest BCUT2D eigenvalue weighted by molar-refractivity contribution is 7.47. The van der Waals surface area contributed by atoms with Crippen molar-refractivity contribution in [3.63, 3.8) is 0 Å². The first-order chi connectivity index (χ1) is 35.2. The molecule has 0 radical (unpaired) electrons. The average molecular weight is 1030 g/mol. The Morgan fingerprint density at radius 1 is 0.417 bits per heavy atom. The Morgan fingerprint density at radius 2 is 0.806 bits per heavy atom. The Kier molecular flexibility index (Phi) is 50.6. The van der Waals surface area contributed by atoms with E-state index in [4.69, 9.17) is 23.3 Å². The SMILES string of the molecule is CC/C=C\C/C=C\C/C=C\C/C=C\C/C=C\CC(=O)OC(COC(=O)CCCCCCCCC/C=C\C/C=C\CCCCC)COP(=O)(O)OCC(CO)OC(=O)CCCCCCC/C=C\C/C=C\CCC. The van der Waals surface area contributed by atoms with Crippen LogP contribution in [-0.2, 0) is 42.2 Å². The second-order valence-corrected chi connectivity index (χ2v) is 19.5. The summed E-state index contributed by atoms with van der Waals surface area (Å²) in [6, 6.07) is 0. The number of aliphatic hydroxyl groups is 1. The molecule has 3 unspecified atom stereocenters. The van der Waals surface area contributed by atoms with Crippen molar-refractivity contribution in [3.8, 4) is 0 Å². The van der Waals surface area contributed by atoms with Gasteiger partial charge in [-0.15, -0.1) is 0 Å². The van der Waals surface area contributed by atoms with Crippen molar-refractivity contribution in [2.75, 3.05) is 26.4 Å². The van der Waals surface area contributed by atoms with Gasteiger partial charge >= 0.3 is 25.7 Å². The minimum atomic E-state index is -4.78. The molecular weight excluding hydrogens is 928 g/mol. The second kappa shape index (κ2) is 53.4. The number of carbonyl (C=O) groups is 3. The van der Waals surface area contributed by atoms with Crippen LogP contribution in [-0.4, -0.2) is 66.5 Å². The molecule has 0 aliphatic carbocycles. The first kappa shape index (κ1) is 68.1. The van der Waals surface area contributed by atoms with Crippen molar-refractivity contribution in [2.45, 2.75) is 226 Å². The molecule has 410 valence electrons. The summed E-state index contributed by atoms with van der Waals surface area (Å²) in [5.74, 6) is -1.65. The summed E-state index contributed by atoms with van der Waals surface area (Å²) >= 11 is 0. The Hall–Kier alpha value is -3.86. The first-order valence-corrected chi connectivity index (χ1v) is 29.3. The lowest BCUT2D eigenvalue weighted by Gasteiger charge is -2.21. The zero-order valence-electron chi connectivity index (χ0n) is 45.1. The van der Waals surface area contributed by atoms with E-state index in [0.717, 1.165) is 116 Å². The number of aliphatic hydroxyl groups excluding tert-OH is 1. The van der Waals surface area contributed by atoms with Crippen molar-refractivity contribution in [3.05, 3.63) is 109 Å². The van der Waals surface area contributed by atoms with E-state index in [1.807, 2.05) is 18.2 Å². The highest BCUT2D eigenvalue weighted by Crippen LogP contribution is 2.43. The quantitative estimate of drug-likeness (QED) is 0.0197. The van der Waals surface area contributed by atoms with Gasteiger partial charge in [0.2, 0.25) is 0 Å². The molecule has 0 fully saturated rings. The number of phosphoric ester groups is 1. The van der Waals surface area contributed by atoms with Crippen LogP contribution in [0.25, 0.3) is 0 Å². The summed E-state index contributed by atoms with van der Waals surface area (Å²) in [5.41, 5.74) is 0. The van der Waals surface area contributed by atoms with E-state index in [1.54, 1.807) is 6.08 Å². The number of esters is 3. The maximum Gasteiger partial charge on any atom is 0.472 e. The summed E-state index contributed by atoms with van der Waals surface area (Å²) in [4.78, 5) is 48.4. The van der Waals surface area contributed by atoms with Gasteiger partial charge in [0.25, 0.3) is 0 Å². The van der Waals surface area contributed by atoms with E-state index in [9.17, 15) is 28.9 Å². The number of hydrogen-bond acceptors (Lipinski definition) is 10. The lowest BCUT2D eigenvalue weighted by Crippen LogP contribution is -2.30. The molecule has 0 aromatic rings. The molecule has 0 amide bonds. The average Bonchev–Trinajstić information content (AvgIpc) is 3.37. The maximum atomic E-state index is 12.9. The Morgan fingerprint density at radius 3 is 1.28 bits per heavy atom. The summed E-state index contributed by atoms with van der Waals surface area (Å²) in [6.45, 7) is 4.29. The molecule has 0 bridgehead atoms. The molecule has 0 spiro atoms. The number of rotatable bonds is 50. The van der Waals surface area contributed by atoms with Gasteiger partial charge in [0, 0.05) is 12.8 Å². The molecule has 72 heavy (non-hydrogen) atoms. The number of carbonyl (C=O) groups excluding carboxylic acids is 3. The van der Waals surface area contributed by atoms with E-state index < -0.39 is 57.8 Å². The zero-order valence-corrected chi connectivity index (χ0v) is 46.0. The van der Waals surface area contributed by atoms with Crippen molar-refractivity contribution >= 4 is 25.7 Å². The fraction of sp³-hybridized carbons (Fsp3) is 0.650. The largest absolute Gasteiger partial charge is 0.472 e. The Labute approximate surface area is 437 Å². The third kappa shape index (κ3) is 51.1. The fourth-order valence-electron chi connectivity index (χ4n) is 6.97. The van der Waals surface area contributed by atoms with Crippen LogP contribution in [0.4, 0.5) is 0 Å². The highest BCUT2D eigenvalue weighted by Gasteiger charge is 2.28. The van der Waals surface area contributed by atoms with E-state index in [-0.39, 0.29) is 25.9 Å².